The van der Waals surface area contributed by atoms with E-state index in [4.69, 9.17) is 0 Å². The topological polar surface area (TPSA) is 0 Å². The maximum absolute atomic E-state index is 12.4. The van der Waals surface area contributed by atoms with Crippen LogP contribution in [0.2, 0.25) is 0 Å². The van der Waals surface area contributed by atoms with Crippen LogP contribution in [0.15, 0.2) is 48.5 Å². The van der Waals surface area contributed by atoms with E-state index in [0.29, 0.717) is 5.56 Å². The summed E-state index contributed by atoms with van der Waals surface area (Å²) in [5, 5.41) is 0. The van der Waals surface area contributed by atoms with Crippen molar-refractivity contribution in [2.75, 3.05) is 0 Å². The quantitative estimate of drug-likeness (QED) is 0.689. The van der Waals surface area contributed by atoms with E-state index in [0.717, 1.165) is 11.6 Å². The fraction of sp³-hybridized carbons (Fsp3) is 0.143. The number of hydrogen-bond donors (Lipinski definition) is 0. The molecule has 0 aliphatic rings. The molecule has 90 valence electrons. The molecule has 0 heterocycles. The van der Waals surface area contributed by atoms with Crippen LogP contribution >= 0.6 is 0 Å². The third kappa shape index (κ3) is 4.31. The van der Waals surface area contributed by atoms with E-state index in [-0.39, 0.29) is 6.67 Å². The van der Waals surface area contributed by atoms with E-state index in [1.165, 1.54) is 19.1 Å². The van der Waals surface area contributed by atoms with E-state index in [1.807, 2.05) is 18.2 Å². The number of rotatable bonds is 1. The summed E-state index contributed by atoms with van der Waals surface area (Å²) < 4.78 is 36.3. The van der Waals surface area contributed by atoms with Gasteiger partial charge in [-0.05, 0) is 24.1 Å². The van der Waals surface area contributed by atoms with Crippen LogP contribution in [0.25, 0.3) is 0 Å². The van der Waals surface area contributed by atoms with E-state index in [2.05, 4.69) is 0 Å². The van der Waals surface area contributed by atoms with Crippen molar-refractivity contribution >= 4 is 0 Å². The van der Waals surface area contributed by atoms with Crippen LogP contribution in [0.4, 0.5) is 13.2 Å². The van der Waals surface area contributed by atoms with Crippen molar-refractivity contribution in [2.24, 2.45) is 0 Å². The molecule has 2 aromatic rings. The lowest BCUT2D eigenvalue weighted by molar-refractivity contribution is 0.485. The van der Waals surface area contributed by atoms with Gasteiger partial charge in [-0.2, -0.15) is 0 Å². The summed E-state index contributed by atoms with van der Waals surface area (Å²) in [5.41, 5.74) is 1.09. The van der Waals surface area contributed by atoms with Gasteiger partial charge in [0.2, 0.25) is 0 Å². The van der Waals surface area contributed by atoms with Crippen LogP contribution < -0.4 is 0 Å². The maximum atomic E-state index is 12.4. The monoisotopic (exact) mass is 238 g/mol. The van der Waals surface area contributed by atoms with Crippen LogP contribution in [-0.2, 0) is 6.67 Å². The molecule has 0 radical (unpaired) electrons. The van der Waals surface area contributed by atoms with E-state index < -0.39 is 11.6 Å². The molecule has 0 unspecified atom stereocenters. The first-order chi connectivity index (χ1) is 8.15. The van der Waals surface area contributed by atoms with Crippen LogP contribution in [0.1, 0.15) is 11.1 Å². The molecule has 3 heteroatoms. The van der Waals surface area contributed by atoms with Crippen LogP contribution in [0.3, 0.4) is 0 Å². The Morgan fingerprint density at radius 3 is 1.94 bits per heavy atom. The Labute approximate surface area is 98.7 Å². The molecular formula is C14H13F3. The van der Waals surface area contributed by atoms with Crippen molar-refractivity contribution in [2.45, 2.75) is 13.6 Å². The molecule has 0 spiro atoms. The molecule has 0 fully saturated rings. The predicted molar refractivity (Wildman–Crippen MR) is 62.3 cm³/mol. The van der Waals surface area contributed by atoms with Gasteiger partial charge in [-0.3, -0.25) is 0 Å². The number of alkyl halides is 1. The van der Waals surface area contributed by atoms with E-state index in [1.54, 1.807) is 12.1 Å². The fourth-order valence-corrected chi connectivity index (χ4v) is 1.18. The van der Waals surface area contributed by atoms with Gasteiger partial charge in [-0.15, -0.1) is 0 Å². The highest BCUT2D eigenvalue weighted by molar-refractivity contribution is 5.16. The van der Waals surface area contributed by atoms with Crippen LogP contribution in [0, 0.1) is 18.6 Å². The maximum Gasteiger partial charge on any atom is 0.161 e. The van der Waals surface area contributed by atoms with Crippen LogP contribution in [-0.4, -0.2) is 0 Å². The van der Waals surface area contributed by atoms with Crippen molar-refractivity contribution in [1.29, 1.82) is 0 Å². The van der Waals surface area contributed by atoms with Crippen molar-refractivity contribution in [3.05, 3.63) is 71.3 Å². The Balaban J connectivity index is 0.000000171. The number of hydrogen-bond acceptors (Lipinski definition) is 0. The lowest BCUT2D eigenvalue weighted by Crippen LogP contribution is -1.85. The molecule has 2 rings (SSSR count). The second-order valence-corrected chi connectivity index (χ2v) is 3.49. The largest absolute Gasteiger partial charge is 0.246 e. The summed E-state index contributed by atoms with van der Waals surface area (Å²) in [4.78, 5) is 0. The Bertz CT molecular complexity index is 432. The minimum Gasteiger partial charge on any atom is -0.246 e. The van der Waals surface area contributed by atoms with Gasteiger partial charge >= 0.3 is 0 Å². The Hall–Kier alpha value is -1.77. The summed E-state index contributed by atoms with van der Waals surface area (Å²) in [5.74, 6) is -1.53. The number of aryl methyl sites for hydroxylation is 1. The summed E-state index contributed by atoms with van der Waals surface area (Å²) in [6.07, 6.45) is 0. The third-order valence-corrected chi connectivity index (χ3v) is 2.14. The average molecular weight is 238 g/mol. The van der Waals surface area contributed by atoms with Gasteiger partial charge in [0, 0.05) is 0 Å². The molecule has 0 aliphatic heterocycles. The summed E-state index contributed by atoms with van der Waals surface area (Å²) in [7, 11) is 0. The zero-order chi connectivity index (χ0) is 12.7. The lowest BCUT2D eigenvalue weighted by Gasteiger charge is -1.93. The van der Waals surface area contributed by atoms with Gasteiger partial charge < -0.3 is 0 Å². The van der Waals surface area contributed by atoms with Crippen LogP contribution in [0.5, 0.6) is 0 Å². The highest BCUT2D eigenvalue weighted by Gasteiger charge is 2.00. The van der Waals surface area contributed by atoms with Crippen molar-refractivity contribution < 1.29 is 13.2 Å². The van der Waals surface area contributed by atoms with Gasteiger partial charge in [0.1, 0.15) is 6.67 Å². The molecule has 0 amide bonds. The first-order valence-corrected chi connectivity index (χ1v) is 5.15. The summed E-state index contributed by atoms with van der Waals surface area (Å²) in [6.45, 7) is 1.17. The van der Waals surface area contributed by atoms with E-state index >= 15 is 0 Å². The molecule has 0 aromatic heterocycles. The predicted octanol–water partition coefficient (Wildman–Crippen LogP) is 4.43. The van der Waals surface area contributed by atoms with Crippen molar-refractivity contribution in [3.8, 4) is 0 Å². The van der Waals surface area contributed by atoms with Crippen molar-refractivity contribution in [1.82, 2.24) is 0 Å². The van der Waals surface area contributed by atoms with E-state index in [9.17, 15) is 13.2 Å². The first-order valence-electron chi connectivity index (χ1n) is 5.15. The second-order valence-electron chi connectivity index (χ2n) is 3.49. The Morgan fingerprint density at radius 1 is 0.882 bits per heavy atom. The third-order valence-electron chi connectivity index (χ3n) is 2.14. The molecule has 0 nitrogen and oxygen atoms in total. The SMILES string of the molecule is Cc1cccc(F)c1F.FCc1ccccc1. The molecule has 0 atom stereocenters. The average Bonchev–Trinajstić information content (AvgIpc) is 2.37. The Kier molecular flexibility index (Phi) is 5.27. The number of benzene rings is 2. The summed E-state index contributed by atoms with van der Waals surface area (Å²) in [6, 6.07) is 13.2. The lowest BCUT2D eigenvalue weighted by atomic mass is 10.2. The zero-order valence-electron chi connectivity index (χ0n) is 9.46. The molecule has 0 saturated heterocycles. The van der Waals surface area contributed by atoms with Gasteiger partial charge in [-0.1, -0.05) is 42.5 Å². The second kappa shape index (κ2) is 6.74. The van der Waals surface area contributed by atoms with Gasteiger partial charge in [0.25, 0.3) is 0 Å². The Morgan fingerprint density at radius 2 is 1.53 bits per heavy atom. The normalized spacial score (nSPS) is 9.41. The smallest absolute Gasteiger partial charge is 0.161 e. The standard InChI is InChI=1S/C7H6F2.C7H7F/c1-5-3-2-4-6(8)7(5)9;8-6-7-4-2-1-3-5-7/h2-4H,1H3;1-5H,6H2. The fourth-order valence-electron chi connectivity index (χ4n) is 1.18. The minimum absolute atomic E-state index is 0.343. The minimum atomic E-state index is -0.782. The summed E-state index contributed by atoms with van der Waals surface area (Å²) >= 11 is 0. The molecule has 0 saturated carbocycles. The molecule has 0 bridgehead atoms. The van der Waals surface area contributed by atoms with Crippen molar-refractivity contribution in [3.63, 3.8) is 0 Å². The molecule has 17 heavy (non-hydrogen) atoms. The molecule has 0 N–H and O–H groups in total. The first kappa shape index (κ1) is 13.3. The zero-order valence-corrected chi connectivity index (χ0v) is 9.46. The molecule has 2 aromatic carbocycles. The van der Waals surface area contributed by atoms with Gasteiger partial charge in [-0.25, -0.2) is 13.2 Å². The van der Waals surface area contributed by atoms with Gasteiger partial charge in [0.05, 0.1) is 0 Å². The highest BCUT2D eigenvalue weighted by atomic mass is 19.2. The molecular weight excluding hydrogens is 225 g/mol. The highest BCUT2D eigenvalue weighted by Crippen LogP contribution is 2.08. The number of halogens is 3. The molecule has 0 aliphatic carbocycles. The van der Waals surface area contributed by atoms with Gasteiger partial charge in [0.15, 0.2) is 11.6 Å².